The van der Waals surface area contributed by atoms with Crippen molar-refractivity contribution in [1.82, 2.24) is 4.90 Å². The van der Waals surface area contributed by atoms with Crippen LogP contribution in [0.25, 0.3) is 0 Å². The van der Waals surface area contributed by atoms with Crippen LogP contribution in [0.15, 0.2) is 60.7 Å². The van der Waals surface area contributed by atoms with Crippen LogP contribution in [0.5, 0.6) is 11.5 Å². The van der Waals surface area contributed by atoms with Gasteiger partial charge in [0.25, 0.3) is 5.91 Å². The lowest BCUT2D eigenvalue weighted by Crippen LogP contribution is -2.49. The summed E-state index contributed by atoms with van der Waals surface area (Å²) in [5, 5.41) is 3.12. The van der Waals surface area contributed by atoms with Gasteiger partial charge in [0.15, 0.2) is 11.5 Å². The van der Waals surface area contributed by atoms with E-state index in [1.165, 1.54) is 0 Å². The van der Waals surface area contributed by atoms with Gasteiger partial charge in [0.05, 0.1) is 26.2 Å². The number of ether oxygens (including phenoxy) is 2. The van der Waals surface area contributed by atoms with Gasteiger partial charge in [-0.3, -0.25) is 9.59 Å². The normalized spacial score (nSPS) is 18.4. The maximum absolute atomic E-state index is 13.9. The lowest BCUT2D eigenvalue weighted by atomic mass is 9.75. The number of benzene rings is 3. The minimum Gasteiger partial charge on any atom is -0.493 e. The molecule has 3 aromatic carbocycles. The summed E-state index contributed by atoms with van der Waals surface area (Å²) in [6, 6.07) is 18.8. The van der Waals surface area contributed by atoms with Crippen molar-refractivity contribution >= 4 is 17.5 Å². The van der Waals surface area contributed by atoms with Crippen molar-refractivity contribution < 1.29 is 19.1 Å². The Kier molecular flexibility index (Phi) is 5.74. The second-order valence-electron chi connectivity index (χ2n) is 8.71. The molecule has 6 heteroatoms. The average Bonchev–Trinajstić information content (AvgIpc) is 2.88. The van der Waals surface area contributed by atoms with Crippen LogP contribution in [-0.4, -0.2) is 37.5 Å². The van der Waals surface area contributed by atoms with Gasteiger partial charge in [0.2, 0.25) is 5.91 Å². The number of aryl methyl sites for hydroxylation is 1. The first-order valence-corrected chi connectivity index (χ1v) is 11.6. The van der Waals surface area contributed by atoms with E-state index >= 15 is 0 Å². The minimum absolute atomic E-state index is 0.0435. The van der Waals surface area contributed by atoms with E-state index < -0.39 is 12.0 Å². The molecule has 0 saturated carbocycles. The Hall–Kier alpha value is -3.80. The summed E-state index contributed by atoms with van der Waals surface area (Å²) in [6.07, 6.45) is 1.57. The van der Waals surface area contributed by atoms with Gasteiger partial charge in [0, 0.05) is 17.8 Å². The minimum atomic E-state index is -0.559. The van der Waals surface area contributed by atoms with Crippen molar-refractivity contribution in [3.63, 3.8) is 0 Å². The molecule has 34 heavy (non-hydrogen) atoms. The molecule has 1 N–H and O–H groups in total. The number of anilines is 1. The molecule has 2 aliphatic heterocycles. The monoisotopic (exact) mass is 456 g/mol. The van der Waals surface area contributed by atoms with Crippen molar-refractivity contribution in [2.45, 2.75) is 31.7 Å². The summed E-state index contributed by atoms with van der Waals surface area (Å²) in [6.45, 7) is 2.62. The molecule has 0 saturated heterocycles. The van der Waals surface area contributed by atoms with Gasteiger partial charge in [-0.05, 0) is 65.4 Å². The summed E-state index contributed by atoms with van der Waals surface area (Å²) in [7, 11) is 3.21. The Balaban J connectivity index is 1.64. The van der Waals surface area contributed by atoms with E-state index in [9.17, 15) is 9.59 Å². The molecule has 0 radical (unpaired) electrons. The number of hydrogen-bond acceptors (Lipinski definition) is 4. The van der Waals surface area contributed by atoms with Crippen molar-refractivity contribution in [1.29, 1.82) is 0 Å². The summed E-state index contributed by atoms with van der Waals surface area (Å²) < 4.78 is 11.1. The fourth-order valence-corrected chi connectivity index (χ4v) is 5.23. The van der Waals surface area contributed by atoms with Gasteiger partial charge in [0.1, 0.15) is 0 Å². The average molecular weight is 457 g/mol. The molecule has 2 aliphatic rings. The predicted octanol–water partition coefficient (Wildman–Crippen LogP) is 4.74. The fraction of sp³-hybridized carbons (Fsp3) is 0.286. The number of hydrogen-bond donors (Lipinski definition) is 1. The van der Waals surface area contributed by atoms with Crippen molar-refractivity contribution in [3.8, 4) is 11.5 Å². The molecule has 6 nitrogen and oxygen atoms in total. The molecule has 0 aliphatic carbocycles. The van der Waals surface area contributed by atoms with Gasteiger partial charge < -0.3 is 19.7 Å². The Labute approximate surface area is 199 Å². The molecule has 0 unspecified atom stereocenters. The first-order chi connectivity index (χ1) is 16.5. The number of nitrogens with zero attached hydrogens (tertiary/aromatic N) is 1. The summed E-state index contributed by atoms with van der Waals surface area (Å²) in [4.78, 5) is 29.2. The number of carbonyl (C=O) groups excluding carboxylic acids is 2. The first-order valence-electron chi connectivity index (χ1n) is 11.6. The summed E-state index contributed by atoms with van der Waals surface area (Å²) >= 11 is 0. The highest BCUT2D eigenvalue weighted by molar-refractivity contribution is 6.04. The quantitative estimate of drug-likeness (QED) is 0.602. The second-order valence-corrected chi connectivity index (χ2v) is 8.71. The zero-order chi connectivity index (χ0) is 23.8. The highest BCUT2D eigenvalue weighted by Crippen LogP contribution is 2.48. The summed E-state index contributed by atoms with van der Waals surface area (Å²) in [5.41, 5.74) is 5.24. The Morgan fingerprint density at radius 3 is 2.53 bits per heavy atom. The molecular formula is C28H28N2O4. The maximum atomic E-state index is 13.9. The highest BCUT2D eigenvalue weighted by Gasteiger charge is 2.46. The van der Waals surface area contributed by atoms with Crippen LogP contribution in [0.1, 0.15) is 51.5 Å². The number of fused-ring (bicyclic) bond motifs is 4. The van der Waals surface area contributed by atoms with Gasteiger partial charge in [-0.1, -0.05) is 37.3 Å². The standard InChI is InChI=1S/C28H28N2O4/c1-4-17-8-7-9-19(14-17)29-27(31)25-20-10-5-6-11-21(20)28(32)30-13-12-18-15-23(33-2)24(34-3)16-22(18)26(25)30/h5-11,14-16,25-26H,4,12-13H2,1-3H3,(H,29,31)/t25-,26+/m1/s1. The van der Waals surface area contributed by atoms with E-state index in [2.05, 4.69) is 12.2 Å². The van der Waals surface area contributed by atoms with E-state index in [0.717, 1.165) is 34.4 Å². The largest absolute Gasteiger partial charge is 0.493 e. The molecule has 2 atom stereocenters. The Morgan fingerprint density at radius 1 is 1.00 bits per heavy atom. The Morgan fingerprint density at radius 2 is 1.76 bits per heavy atom. The zero-order valence-electron chi connectivity index (χ0n) is 19.6. The second kappa shape index (κ2) is 8.86. The van der Waals surface area contributed by atoms with Crippen LogP contribution in [0.4, 0.5) is 5.69 Å². The molecule has 0 bridgehead atoms. The van der Waals surface area contributed by atoms with Crippen LogP contribution in [0.3, 0.4) is 0 Å². The fourth-order valence-electron chi connectivity index (χ4n) is 5.23. The molecule has 2 heterocycles. The van der Waals surface area contributed by atoms with E-state index in [0.29, 0.717) is 30.0 Å². The number of nitrogens with one attached hydrogen (secondary N) is 1. The van der Waals surface area contributed by atoms with Crippen molar-refractivity contribution in [3.05, 3.63) is 88.5 Å². The SMILES string of the molecule is CCc1cccc(NC(=O)[C@@H]2c3ccccc3C(=O)N3CCc4cc(OC)c(OC)cc4[C@@H]23)c1. The lowest BCUT2D eigenvalue weighted by molar-refractivity contribution is -0.119. The van der Waals surface area contributed by atoms with Crippen LogP contribution >= 0.6 is 0 Å². The molecule has 5 rings (SSSR count). The van der Waals surface area contributed by atoms with Gasteiger partial charge in [-0.25, -0.2) is 0 Å². The van der Waals surface area contributed by atoms with Crippen LogP contribution in [-0.2, 0) is 17.6 Å². The predicted molar refractivity (Wildman–Crippen MR) is 131 cm³/mol. The van der Waals surface area contributed by atoms with Crippen molar-refractivity contribution in [2.75, 3.05) is 26.1 Å². The number of carbonyl (C=O) groups is 2. The van der Waals surface area contributed by atoms with Crippen LogP contribution in [0, 0.1) is 0 Å². The maximum Gasteiger partial charge on any atom is 0.254 e. The zero-order valence-corrected chi connectivity index (χ0v) is 19.6. The third-order valence-corrected chi connectivity index (χ3v) is 6.91. The molecule has 2 amide bonds. The lowest BCUT2D eigenvalue weighted by Gasteiger charge is -2.45. The molecular weight excluding hydrogens is 428 g/mol. The first kappa shape index (κ1) is 22.0. The third-order valence-electron chi connectivity index (χ3n) is 6.91. The van der Waals surface area contributed by atoms with E-state index in [1.54, 1.807) is 14.2 Å². The van der Waals surface area contributed by atoms with E-state index in [-0.39, 0.29) is 11.8 Å². The topological polar surface area (TPSA) is 67.9 Å². The van der Waals surface area contributed by atoms with Crippen molar-refractivity contribution in [2.24, 2.45) is 0 Å². The molecule has 3 aromatic rings. The Bertz CT molecular complexity index is 1270. The number of amides is 2. The number of rotatable bonds is 5. The molecule has 0 spiro atoms. The molecule has 174 valence electrons. The van der Waals surface area contributed by atoms with Gasteiger partial charge in [-0.2, -0.15) is 0 Å². The van der Waals surface area contributed by atoms with Gasteiger partial charge >= 0.3 is 0 Å². The third kappa shape index (κ3) is 3.59. The smallest absolute Gasteiger partial charge is 0.254 e. The summed E-state index contributed by atoms with van der Waals surface area (Å²) in [5.74, 6) is 0.499. The molecule has 0 fully saturated rings. The number of methoxy groups -OCH3 is 2. The van der Waals surface area contributed by atoms with Crippen LogP contribution < -0.4 is 14.8 Å². The van der Waals surface area contributed by atoms with E-state index in [4.69, 9.17) is 9.47 Å². The highest BCUT2D eigenvalue weighted by atomic mass is 16.5. The van der Waals surface area contributed by atoms with Gasteiger partial charge in [-0.15, -0.1) is 0 Å². The molecule has 0 aromatic heterocycles. The van der Waals surface area contributed by atoms with Crippen LogP contribution in [0.2, 0.25) is 0 Å². The van der Waals surface area contributed by atoms with E-state index in [1.807, 2.05) is 65.6 Å².